The molecule has 3 fully saturated rings. The largest absolute Gasteiger partial charge is 0.508 e. The number of halogens is 1. The third kappa shape index (κ3) is 4.35. The van der Waals surface area contributed by atoms with Crippen LogP contribution in [-0.2, 0) is 0 Å². The fourth-order valence-corrected chi connectivity index (χ4v) is 9.61. The lowest BCUT2D eigenvalue weighted by Gasteiger charge is -2.47. The Balaban J connectivity index is 1.36. The van der Waals surface area contributed by atoms with Crippen molar-refractivity contribution < 1.29 is 19.3 Å². The van der Waals surface area contributed by atoms with E-state index in [1.165, 1.54) is 6.07 Å². The van der Waals surface area contributed by atoms with Crippen molar-refractivity contribution in [1.82, 2.24) is 14.9 Å². The zero-order valence-corrected chi connectivity index (χ0v) is 28.5. The number of phenolic OH excluding ortho intramolecular Hbond substituents is 1. The quantitative estimate of drug-likeness (QED) is 0.305. The van der Waals surface area contributed by atoms with E-state index >= 15 is 4.39 Å². The van der Waals surface area contributed by atoms with Crippen LogP contribution in [0.2, 0.25) is 0 Å². The molecule has 4 aliphatic heterocycles. The normalized spacial score (nSPS) is 30.7. The predicted octanol–water partition coefficient (Wildman–Crippen LogP) is 5.41. The van der Waals surface area contributed by atoms with E-state index in [4.69, 9.17) is 19.7 Å². The summed E-state index contributed by atoms with van der Waals surface area (Å²) < 4.78 is 22.6. The molecule has 3 aromatic carbocycles. The molecule has 250 valence electrons. The number of rotatable bonds is 4. The van der Waals surface area contributed by atoms with Crippen molar-refractivity contribution in [2.24, 2.45) is 16.8 Å². The number of benzene rings is 3. The van der Waals surface area contributed by atoms with Gasteiger partial charge in [0.25, 0.3) is 0 Å². The van der Waals surface area contributed by atoms with Gasteiger partial charge in [-0.1, -0.05) is 32.9 Å². The van der Waals surface area contributed by atoms with Crippen LogP contribution >= 0.6 is 0 Å². The smallest absolute Gasteiger partial charge is 0.319 e. The van der Waals surface area contributed by atoms with Gasteiger partial charge < -0.3 is 19.8 Å². The highest BCUT2D eigenvalue weighted by Gasteiger charge is 2.51. The maximum Gasteiger partial charge on any atom is 0.319 e. The van der Waals surface area contributed by atoms with E-state index in [0.29, 0.717) is 30.6 Å². The second kappa shape index (κ2) is 10.3. The summed E-state index contributed by atoms with van der Waals surface area (Å²) in [6, 6.07) is 7.06. The van der Waals surface area contributed by atoms with Gasteiger partial charge >= 0.3 is 6.01 Å². The highest BCUT2D eigenvalue weighted by molar-refractivity contribution is 6.08. The van der Waals surface area contributed by atoms with Crippen LogP contribution in [0.5, 0.6) is 11.8 Å². The summed E-state index contributed by atoms with van der Waals surface area (Å²) in [6.45, 7) is 14.4. The number of fused-ring (bicyclic) bond motifs is 8. The minimum absolute atomic E-state index is 0.0166. The Hall–Kier alpha value is -3.82. The van der Waals surface area contributed by atoms with Gasteiger partial charge in [-0.05, 0) is 91.5 Å². The van der Waals surface area contributed by atoms with Gasteiger partial charge in [-0.15, -0.1) is 0 Å². The van der Waals surface area contributed by atoms with Crippen molar-refractivity contribution in [2.75, 3.05) is 37.7 Å². The number of hydrogen-bond acceptors (Lipinski definition) is 8. The van der Waals surface area contributed by atoms with Crippen molar-refractivity contribution in [3.8, 4) is 22.9 Å². The summed E-state index contributed by atoms with van der Waals surface area (Å²) in [5.74, 6) is 1.02. The Bertz CT molecular complexity index is 2170. The molecular weight excluding hydrogens is 605 g/mol. The third-order valence-electron chi connectivity index (χ3n) is 12.1. The highest BCUT2D eigenvalue weighted by Crippen LogP contribution is 2.49. The van der Waals surface area contributed by atoms with Crippen LogP contribution in [0.15, 0.2) is 29.3 Å². The topological polar surface area (TPSA) is 94.3 Å². The van der Waals surface area contributed by atoms with E-state index in [1.54, 1.807) is 18.2 Å². The molecule has 1 aromatic heterocycles. The van der Waals surface area contributed by atoms with E-state index in [9.17, 15) is 10.2 Å². The molecule has 0 saturated carbocycles. The highest BCUT2D eigenvalue weighted by atomic mass is 19.1. The number of aromatic hydroxyl groups is 1. The average Bonchev–Trinajstić information content (AvgIpc) is 3.25. The van der Waals surface area contributed by atoms with Crippen molar-refractivity contribution in [3.05, 3.63) is 51.8 Å². The average molecular weight is 650 g/mol. The van der Waals surface area contributed by atoms with Gasteiger partial charge in [-0.2, -0.15) is 9.97 Å². The SMILES string of the molecule is CC1CN2CCC2(COc2nc(N3CCCC(C)(O)C3)c3c4c(c5c(c3n2)C(C)c2c(F)ccc3cc(O)cc-5c23)=NC(C)C(C)C=4)C1. The van der Waals surface area contributed by atoms with Gasteiger partial charge in [0.1, 0.15) is 24.0 Å². The molecule has 9 heteroatoms. The fraction of sp³-hybridized carbons (Fsp3) is 0.513. The molecule has 0 radical (unpaired) electrons. The van der Waals surface area contributed by atoms with Crippen LogP contribution in [-0.4, -0.2) is 75.0 Å². The molecule has 1 aliphatic carbocycles. The van der Waals surface area contributed by atoms with Gasteiger partial charge in [-0.3, -0.25) is 9.89 Å². The molecule has 9 rings (SSSR count). The van der Waals surface area contributed by atoms with Crippen LogP contribution in [0, 0.1) is 17.7 Å². The number of nitrogens with zero attached hydrogens (tertiary/aromatic N) is 5. The van der Waals surface area contributed by atoms with Crippen LogP contribution in [0.1, 0.15) is 77.3 Å². The van der Waals surface area contributed by atoms with Crippen LogP contribution in [0.4, 0.5) is 10.2 Å². The Morgan fingerprint density at radius 2 is 1.88 bits per heavy atom. The number of aromatic nitrogens is 2. The maximum absolute atomic E-state index is 16.0. The minimum Gasteiger partial charge on any atom is -0.508 e. The second-order valence-corrected chi connectivity index (χ2v) is 15.8. The fourth-order valence-electron chi connectivity index (χ4n) is 9.61. The van der Waals surface area contributed by atoms with E-state index in [-0.39, 0.29) is 35.0 Å². The Labute approximate surface area is 280 Å². The number of phenols is 1. The standard InChI is InChI=1S/C39H44FN5O3/c1-20-16-39(10-12-45(39)17-20)19-48-37-42-35-30-22(3)29-28(40)8-7-24-14-25(46)15-26(31(24)29)32(30)34-27(13-21(2)23(4)41-34)33(35)36(43-37)44-11-6-9-38(5,47)18-44/h7-8,13-15,20-23,46-47H,6,9-12,16-19H2,1-5H3. The molecule has 4 aromatic rings. The van der Waals surface area contributed by atoms with E-state index in [1.807, 2.05) is 6.92 Å². The minimum atomic E-state index is -0.866. The van der Waals surface area contributed by atoms with Crippen LogP contribution in [0.3, 0.4) is 0 Å². The summed E-state index contributed by atoms with van der Waals surface area (Å²) in [5.41, 5.74) is 3.03. The molecule has 5 heterocycles. The maximum atomic E-state index is 16.0. The number of hydrogen-bond donors (Lipinski definition) is 2. The molecule has 0 amide bonds. The Morgan fingerprint density at radius 1 is 1.04 bits per heavy atom. The summed E-state index contributed by atoms with van der Waals surface area (Å²) >= 11 is 0. The first-order chi connectivity index (χ1) is 22.9. The first-order valence-corrected chi connectivity index (χ1v) is 17.7. The van der Waals surface area contributed by atoms with Gasteiger partial charge in [0.2, 0.25) is 0 Å². The molecule has 48 heavy (non-hydrogen) atoms. The van der Waals surface area contributed by atoms with Gasteiger partial charge in [-0.25, -0.2) is 4.39 Å². The third-order valence-corrected chi connectivity index (χ3v) is 12.1. The summed E-state index contributed by atoms with van der Waals surface area (Å²) in [4.78, 5) is 20.5. The molecule has 8 nitrogen and oxygen atoms in total. The monoisotopic (exact) mass is 649 g/mol. The summed E-state index contributed by atoms with van der Waals surface area (Å²) in [5, 5.41) is 26.5. The lowest BCUT2D eigenvalue weighted by atomic mass is 9.75. The van der Waals surface area contributed by atoms with E-state index in [2.05, 4.69) is 43.6 Å². The second-order valence-electron chi connectivity index (χ2n) is 15.8. The lowest BCUT2D eigenvalue weighted by molar-refractivity contribution is -0.0132. The lowest BCUT2D eigenvalue weighted by Crippen LogP contribution is -2.59. The van der Waals surface area contributed by atoms with Crippen molar-refractivity contribution >= 4 is 33.6 Å². The van der Waals surface area contributed by atoms with Gasteiger partial charge in [0, 0.05) is 48.4 Å². The molecule has 0 spiro atoms. The summed E-state index contributed by atoms with van der Waals surface area (Å²) in [6.07, 6.45) is 6.02. The van der Waals surface area contributed by atoms with Crippen LogP contribution < -0.4 is 20.2 Å². The number of aliphatic hydroxyl groups is 1. The zero-order valence-electron chi connectivity index (χ0n) is 28.5. The molecular formula is C39H44FN5O3. The van der Waals surface area contributed by atoms with Crippen molar-refractivity contribution in [3.63, 3.8) is 0 Å². The summed E-state index contributed by atoms with van der Waals surface area (Å²) in [7, 11) is 0. The van der Waals surface area contributed by atoms with E-state index < -0.39 is 5.60 Å². The predicted molar refractivity (Wildman–Crippen MR) is 186 cm³/mol. The first kappa shape index (κ1) is 30.3. The number of ether oxygens (including phenoxy) is 1. The molecule has 2 N–H and O–H groups in total. The zero-order chi connectivity index (χ0) is 33.3. The molecule has 6 unspecified atom stereocenters. The Kier molecular flexibility index (Phi) is 6.52. The van der Waals surface area contributed by atoms with Crippen molar-refractivity contribution in [1.29, 1.82) is 0 Å². The van der Waals surface area contributed by atoms with E-state index in [0.717, 1.165) is 100 Å². The van der Waals surface area contributed by atoms with Crippen molar-refractivity contribution in [2.45, 2.75) is 83.4 Å². The molecule has 5 aliphatic rings. The Morgan fingerprint density at radius 3 is 2.62 bits per heavy atom. The van der Waals surface area contributed by atoms with Gasteiger partial charge in [0.05, 0.1) is 33.4 Å². The first-order valence-electron chi connectivity index (χ1n) is 17.7. The number of piperidine rings is 1. The number of β-amino-alcohol motifs (C(OH)–C–C–N with tert-alkyl or cyclic N) is 1. The molecule has 6 atom stereocenters. The van der Waals surface area contributed by atoms with Gasteiger partial charge in [0.15, 0.2) is 0 Å². The molecule has 3 saturated heterocycles. The van der Waals surface area contributed by atoms with Crippen LogP contribution in [0.25, 0.3) is 38.9 Å². The number of anilines is 1. The molecule has 0 bridgehead atoms.